The van der Waals surface area contributed by atoms with Gasteiger partial charge in [-0.1, -0.05) is 12.1 Å². The first-order chi connectivity index (χ1) is 18.1. The van der Waals surface area contributed by atoms with Crippen LogP contribution in [-0.2, 0) is 12.8 Å². The molecule has 0 amide bonds. The van der Waals surface area contributed by atoms with Crippen LogP contribution in [0.1, 0.15) is 60.0 Å². The number of aromatic hydroxyl groups is 8. The fourth-order valence-electron chi connectivity index (χ4n) is 5.51. The molecule has 4 aromatic rings. The summed E-state index contributed by atoms with van der Waals surface area (Å²) in [6, 6.07) is 10.6. The minimum absolute atomic E-state index is 0.0799. The van der Waals surface area contributed by atoms with Crippen molar-refractivity contribution in [1.29, 1.82) is 0 Å². The predicted octanol–water partition coefficient (Wildman–Crippen LogP) is 4.47. The molecule has 1 aliphatic carbocycles. The monoisotopic (exact) mass is 522 g/mol. The number of aromatic nitrogens is 2. The lowest BCUT2D eigenvalue weighted by Gasteiger charge is -2.32. The van der Waals surface area contributed by atoms with E-state index in [1.165, 1.54) is 45.5 Å². The van der Waals surface area contributed by atoms with Crippen LogP contribution in [0.25, 0.3) is 0 Å². The summed E-state index contributed by atoms with van der Waals surface area (Å²) in [6.07, 6.45) is 2.73. The second-order valence-electron chi connectivity index (χ2n) is 9.90. The maximum atomic E-state index is 11.0. The Balaban J connectivity index is 1.38. The first kappa shape index (κ1) is 25.1. The first-order valence-electron chi connectivity index (χ1n) is 12.4. The molecule has 5 rings (SSSR count). The molecule has 0 aliphatic heterocycles. The Bertz CT molecular complexity index is 1380. The van der Waals surface area contributed by atoms with Crippen LogP contribution in [-0.4, -0.2) is 50.0 Å². The van der Waals surface area contributed by atoms with E-state index in [-0.39, 0.29) is 71.4 Å². The van der Waals surface area contributed by atoms with E-state index < -0.39 is 0 Å². The Hall–Kier alpha value is -4.60. The summed E-state index contributed by atoms with van der Waals surface area (Å²) in [5.74, 6) is -0.937. The number of benzene rings is 2. The average Bonchev–Trinajstić information content (AvgIpc) is 3.30. The first-order valence-corrected chi connectivity index (χ1v) is 12.4. The van der Waals surface area contributed by atoms with Crippen LogP contribution in [0.2, 0.25) is 0 Å². The topological polar surface area (TPSA) is 172 Å². The van der Waals surface area contributed by atoms with Gasteiger partial charge in [-0.25, -0.2) is 0 Å². The predicted molar refractivity (Wildman–Crippen MR) is 137 cm³/mol. The van der Waals surface area contributed by atoms with Crippen LogP contribution in [0.4, 0.5) is 0 Å². The summed E-state index contributed by atoms with van der Waals surface area (Å²) in [6.45, 7) is 0. The third-order valence-electron chi connectivity index (χ3n) is 7.38. The van der Waals surface area contributed by atoms with E-state index in [1.54, 1.807) is 12.1 Å². The van der Waals surface area contributed by atoms with E-state index >= 15 is 0 Å². The van der Waals surface area contributed by atoms with Gasteiger partial charge in [0, 0.05) is 60.3 Å². The van der Waals surface area contributed by atoms with Crippen molar-refractivity contribution in [2.45, 2.75) is 50.6 Å². The molecule has 0 radical (unpaired) electrons. The lowest BCUT2D eigenvalue weighted by atomic mass is 9.90. The number of phenols is 4. The molecule has 2 heterocycles. The largest absolute Gasteiger partial charge is 0.508 e. The van der Waals surface area contributed by atoms with Crippen LogP contribution in [0, 0.1) is 0 Å². The molecule has 0 saturated heterocycles. The van der Waals surface area contributed by atoms with Crippen LogP contribution in [0.15, 0.2) is 48.5 Å². The minimum atomic E-state index is -0.318. The van der Waals surface area contributed by atoms with Crippen LogP contribution in [0.3, 0.4) is 0 Å². The van der Waals surface area contributed by atoms with Gasteiger partial charge in [-0.15, -0.1) is 0 Å². The van der Waals surface area contributed by atoms with Crippen molar-refractivity contribution in [2.24, 2.45) is 0 Å². The zero-order valence-electron chi connectivity index (χ0n) is 20.5. The van der Waals surface area contributed by atoms with E-state index in [9.17, 15) is 40.9 Å². The van der Waals surface area contributed by atoms with Crippen molar-refractivity contribution in [3.8, 4) is 46.5 Å². The van der Waals surface area contributed by atoms with Crippen molar-refractivity contribution < 1.29 is 40.9 Å². The lowest BCUT2D eigenvalue weighted by molar-refractivity contribution is 0.214. The van der Waals surface area contributed by atoms with Gasteiger partial charge in [0.2, 0.25) is 0 Å². The van der Waals surface area contributed by atoms with Crippen LogP contribution < -0.4 is 0 Å². The van der Waals surface area contributed by atoms with Gasteiger partial charge in [-0.3, -0.25) is 9.13 Å². The molecule has 1 fully saturated rings. The molecule has 8 N–H and O–H groups in total. The highest BCUT2D eigenvalue weighted by Gasteiger charge is 2.31. The lowest BCUT2D eigenvalue weighted by Crippen LogP contribution is -2.21. The Morgan fingerprint density at radius 3 is 1.37 bits per heavy atom. The molecule has 0 spiro atoms. The number of hydrogen-bond acceptors (Lipinski definition) is 8. The third kappa shape index (κ3) is 4.60. The molecule has 2 aromatic carbocycles. The molecule has 10 heteroatoms. The van der Waals surface area contributed by atoms with Crippen molar-refractivity contribution in [1.82, 2.24) is 9.13 Å². The number of nitrogens with zero attached hydrogens (tertiary/aromatic N) is 2. The summed E-state index contributed by atoms with van der Waals surface area (Å²) in [4.78, 5) is 0. The minimum Gasteiger partial charge on any atom is -0.508 e. The van der Waals surface area contributed by atoms with Gasteiger partial charge in [0.15, 0.2) is 23.5 Å². The zero-order valence-corrected chi connectivity index (χ0v) is 20.5. The average molecular weight is 523 g/mol. The molecule has 200 valence electrons. The highest BCUT2D eigenvalue weighted by Crippen LogP contribution is 2.46. The molecular weight excluding hydrogens is 492 g/mol. The standard InChI is InChI=1S/C28H30N2O8/c31-21-6-4-15(23(33)13-21)8-17-10-25(35)29(27(17)37)19-2-1-3-20(12-19)30-26(36)11-18(28(30)38)9-16-5-7-22(32)14-24(16)34/h4-7,10-11,13-14,19-20,31-38H,1-3,8-9,12H2. The molecule has 38 heavy (non-hydrogen) atoms. The molecular formula is C28H30N2O8. The summed E-state index contributed by atoms with van der Waals surface area (Å²) in [5.41, 5.74) is 1.78. The van der Waals surface area contributed by atoms with Gasteiger partial charge in [0.1, 0.15) is 23.0 Å². The summed E-state index contributed by atoms with van der Waals surface area (Å²) in [5, 5.41) is 82.6. The summed E-state index contributed by atoms with van der Waals surface area (Å²) >= 11 is 0. The maximum Gasteiger partial charge on any atom is 0.197 e. The Kier molecular flexibility index (Phi) is 6.40. The number of rotatable bonds is 6. The fraction of sp³-hybridized carbons (Fsp3) is 0.286. The van der Waals surface area contributed by atoms with Crippen molar-refractivity contribution >= 4 is 0 Å². The Labute approximate surface area is 218 Å². The zero-order chi connectivity index (χ0) is 27.1. The smallest absolute Gasteiger partial charge is 0.197 e. The maximum absolute atomic E-state index is 11.0. The highest BCUT2D eigenvalue weighted by molar-refractivity contribution is 5.47. The van der Waals surface area contributed by atoms with E-state index in [1.807, 2.05) is 0 Å². The number of hydrogen-bond donors (Lipinski definition) is 8. The molecule has 1 saturated carbocycles. The molecule has 1 aliphatic rings. The molecule has 2 aromatic heterocycles. The third-order valence-corrected chi connectivity index (χ3v) is 7.38. The van der Waals surface area contributed by atoms with Crippen LogP contribution in [0.5, 0.6) is 46.5 Å². The quantitative estimate of drug-likeness (QED) is 0.183. The Morgan fingerprint density at radius 2 is 0.974 bits per heavy atom. The molecule has 0 bridgehead atoms. The second kappa shape index (κ2) is 9.70. The van der Waals surface area contributed by atoms with Gasteiger partial charge in [0.25, 0.3) is 0 Å². The molecule has 2 unspecified atom stereocenters. The Morgan fingerprint density at radius 1 is 0.553 bits per heavy atom. The van der Waals surface area contributed by atoms with E-state index in [2.05, 4.69) is 0 Å². The number of phenolic OH excluding ortho intramolecular Hbond substituents is 4. The molecule has 2 atom stereocenters. The van der Waals surface area contributed by atoms with Crippen molar-refractivity contribution in [3.63, 3.8) is 0 Å². The van der Waals surface area contributed by atoms with Gasteiger partial charge in [-0.2, -0.15) is 0 Å². The SMILES string of the molecule is Oc1ccc(Cc2cc(O)n(C3CCCC(n4c(O)cc(Cc5ccc(O)cc5O)c4O)C3)c2O)c(O)c1. The van der Waals surface area contributed by atoms with E-state index in [0.29, 0.717) is 47.9 Å². The van der Waals surface area contributed by atoms with Crippen LogP contribution >= 0.6 is 0 Å². The normalized spacial score (nSPS) is 17.6. The highest BCUT2D eigenvalue weighted by atomic mass is 16.3. The second-order valence-corrected chi connectivity index (χ2v) is 9.90. The summed E-state index contributed by atoms with van der Waals surface area (Å²) < 4.78 is 2.87. The van der Waals surface area contributed by atoms with E-state index in [0.717, 1.165) is 0 Å². The van der Waals surface area contributed by atoms with E-state index in [4.69, 9.17) is 0 Å². The van der Waals surface area contributed by atoms with Crippen molar-refractivity contribution in [3.05, 3.63) is 70.8 Å². The van der Waals surface area contributed by atoms with Crippen molar-refractivity contribution in [2.75, 3.05) is 0 Å². The van der Waals surface area contributed by atoms with Gasteiger partial charge < -0.3 is 40.9 Å². The van der Waals surface area contributed by atoms with Gasteiger partial charge >= 0.3 is 0 Å². The molecule has 10 nitrogen and oxygen atoms in total. The fourth-order valence-corrected chi connectivity index (χ4v) is 5.51. The van der Waals surface area contributed by atoms with Gasteiger partial charge in [-0.05, 0) is 48.9 Å². The van der Waals surface area contributed by atoms with Gasteiger partial charge in [0.05, 0.1) is 0 Å². The summed E-state index contributed by atoms with van der Waals surface area (Å²) in [7, 11) is 0.